The summed E-state index contributed by atoms with van der Waals surface area (Å²) in [6, 6.07) is 15.2. The predicted octanol–water partition coefficient (Wildman–Crippen LogP) is 5.74. The Hall–Kier alpha value is -2.35. The number of nitro groups is 1. The summed E-state index contributed by atoms with van der Waals surface area (Å²) in [5.41, 5.74) is 1.42. The maximum atomic E-state index is 12.8. The van der Waals surface area contributed by atoms with E-state index in [0.29, 0.717) is 5.56 Å². The fraction of sp³-hybridized carbons (Fsp3) is 0.435. The Kier molecular flexibility index (Phi) is 7.68. The molecule has 2 rings (SSSR count). The van der Waals surface area contributed by atoms with Crippen molar-refractivity contribution in [3.8, 4) is 0 Å². The number of nitro benzene ring substituents is 1. The molecule has 0 saturated carbocycles. The highest BCUT2D eigenvalue weighted by Crippen LogP contribution is 2.41. The fourth-order valence-electron chi connectivity index (χ4n) is 2.87. The van der Waals surface area contributed by atoms with Crippen LogP contribution in [0.1, 0.15) is 56.9 Å². The number of carbonyl (C=O) groups is 1. The second-order valence-corrected chi connectivity index (χ2v) is 13.8. The molecule has 7 heteroatoms. The van der Waals surface area contributed by atoms with Gasteiger partial charge in [-0.15, -0.1) is 0 Å². The largest absolute Gasteiger partial charge is 0.409 e. The molecule has 0 spiro atoms. The van der Waals surface area contributed by atoms with Crippen molar-refractivity contribution in [3.63, 3.8) is 0 Å². The van der Waals surface area contributed by atoms with E-state index in [4.69, 9.17) is 4.43 Å². The van der Waals surface area contributed by atoms with Crippen molar-refractivity contribution in [1.29, 1.82) is 0 Å². The summed E-state index contributed by atoms with van der Waals surface area (Å²) in [6.07, 6.45) is -1.28. The Labute approximate surface area is 179 Å². The molecule has 162 valence electrons. The van der Waals surface area contributed by atoms with Crippen molar-refractivity contribution in [2.75, 3.05) is 0 Å². The van der Waals surface area contributed by atoms with E-state index in [9.17, 15) is 20.0 Å². The second-order valence-electron chi connectivity index (χ2n) is 9.09. The Morgan fingerprint density at radius 3 is 2.10 bits per heavy atom. The first-order chi connectivity index (χ1) is 13.9. The number of aliphatic hydroxyl groups excluding tert-OH is 1. The zero-order valence-electron chi connectivity index (χ0n) is 18.3. The van der Waals surface area contributed by atoms with Crippen LogP contribution in [0.5, 0.6) is 0 Å². The molecule has 0 unspecified atom stereocenters. The molecule has 2 atom stereocenters. The van der Waals surface area contributed by atoms with Gasteiger partial charge in [0.1, 0.15) is 5.78 Å². The van der Waals surface area contributed by atoms with Gasteiger partial charge in [-0.05, 0) is 41.4 Å². The van der Waals surface area contributed by atoms with Crippen molar-refractivity contribution in [2.24, 2.45) is 0 Å². The van der Waals surface area contributed by atoms with Crippen LogP contribution in [0, 0.1) is 10.1 Å². The molecule has 0 radical (unpaired) electrons. The van der Waals surface area contributed by atoms with Crippen LogP contribution < -0.4 is 0 Å². The molecule has 1 N–H and O–H groups in total. The Balaban J connectivity index is 2.22. The van der Waals surface area contributed by atoms with E-state index in [2.05, 4.69) is 33.9 Å². The lowest BCUT2D eigenvalue weighted by Crippen LogP contribution is -2.42. The third kappa shape index (κ3) is 6.32. The molecule has 0 bridgehead atoms. The summed E-state index contributed by atoms with van der Waals surface area (Å²) in [6.45, 7) is 10.6. The fourth-order valence-corrected chi connectivity index (χ4v) is 4.15. The number of rotatable bonds is 9. The molecular weight excluding hydrogens is 398 g/mol. The summed E-state index contributed by atoms with van der Waals surface area (Å²) in [7, 11) is -2.21. The Bertz CT molecular complexity index is 859. The molecule has 2 aromatic carbocycles. The summed E-state index contributed by atoms with van der Waals surface area (Å²) < 4.78 is 6.51. The normalized spacial score (nSPS) is 14.2. The van der Waals surface area contributed by atoms with Crippen LogP contribution in [-0.4, -0.2) is 24.1 Å². The van der Waals surface area contributed by atoms with Crippen molar-refractivity contribution in [3.05, 3.63) is 75.8 Å². The molecule has 0 heterocycles. The van der Waals surface area contributed by atoms with E-state index in [1.807, 2.05) is 18.2 Å². The number of non-ortho nitro benzene ring substituents is 1. The molecule has 30 heavy (non-hydrogen) atoms. The third-order valence-corrected chi connectivity index (χ3v) is 10.2. The molecule has 2 aromatic rings. The van der Waals surface area contributed by atoms with Crippen LogP contribution in [-0.2, 0) is 9.22 Å². The van der Waals surface area contributed by atoms with Crippen molar-refractivity contribution < 1.29 is 19.3 Å². The van der Waals surface area contributed by atoms with E-state index in [1.165, 1.54) is 12.1 Å². The summed E-state index contributed by atoms with van der Waals surface area (Å²) in [5.74, 6) is -0.117. The van der Waals surface area contributed by atoms with Gasteiger partial charge < -0.3 is 9.53 Å². The SMILES string of the molecule is CC(C)(C)[Si](C)(C)O[C@@H](CC(=O)C[C@H](O)c1ccccc1)c1ccc([N+](=O)[O-])cc1. The lowest BCUT2D eigenvalue weighted by Gasteiger charge is -2.39. The molecule has 0 fully saturated rings. The number of ketones is 1. The lowest BCUT2D eigenvalue weighted by atomic mass is 9.98. The number of Topliss-reactive ketones (excluding diaryl/α,β-unsaturated/α-hetero) is 1. The van der Waals surface area contributed by atoms with E-state index < -0.39 is 25.4 Å². The predicted molar refractivity (Wildman–Crippen MR) is 120 cm³/mol. The first-order valence-electron chi connectivity index (χ1n) is 10.1. The van der Waals surface area contributed by atoms with Gasteiger partial charge in [0.15, 0.2) is 8.32 Å². The highest BCUT2D eigenvalue weighted by Gasteiger charge is 2.40. The van der Waals surface area contributed by atoms with Crippen LogP contribution in [0.25, 0.3) is 0 Å². The van der Waals surface area contributed by atoms with Gasteiger partial charge in [-0.1, -0.05) is 51.1 Å². The summed E-state index contributed by atoms with van der Waals surface area (Å²) in [5, 5.41) is 21.3. The standard InChI is InChI=1S/C23H31NO5Si/c1-23(2,3)30(4,5)29-22(18-11-13-19(14-12-18)24(27)28)16-20(25)15-21(26)17-9-7-6-8-10-17/h6-14,21-22,26H,15-16H2,1-5H3/t21-,22-/m0/s1. The third-order valence-electron chi connectivity index (χ3n) is 5.74. The van der Waals surface area contributed by atoms with Crippen LogP contribution in [0.3, 0.4) is 0 Å². The minimum atomic E-state index is -2.21. The smallest absolute Gasteiger partial charge is 0.269 e. The van der Waals surface area contributed by atoms with E-state index in [0.717, 1.165) is 5.56 Å². The zero-order chi connectivity index (χ0) is 22.5. The average Bonchev–Trinajstić information content (AvgIpc) is 2.67. The van der Waals surface area contributed by atoms with Crippen molar-refractivity contribution in [2.45, 2.75) is 64.0 Å². The van der Waals surface area contributed by atoms with Gasteiger partial charge in [0, 0.05) is 25.0 Å². The van der Waals surface area contributed by atoms with E-state index in [1.54, 1.807) is 24.3 Å². The quantitative estimate of drug-likeness (QED) is 0.312. The van der Waals surface area contributed by atoms with Gasteiger partial charge in [0.05, 0.1) is 17.1 Å². The second kappa shape index (κ2) is 9.64. The number of aliphatic hydroxyl groups is 1. The van der Waals surface area contributed by atoms with E-state index >= 15 is 0 Å². The number of nitrogens with zero attached hydrogens (tertiary/aromatic N) is 1. The first-order valence-corrected chi connectivity index (χ1v) is 13.0. The van der Waals surface area contributed by atoms with Crippen molar-refractivity contribution >= 4 is 19.8 Å². The molecule has 0 amide bonds. The zero-order valence-corrected chi connectivity index (χ0v) is 19.3. The number of hydrogen-bond acceptors (Lipinski definition) is 5. The van der Waals surface area contributed by atoms with E-state index in [-0.39, 0.29) is 29.4 Å². The Morgan fingerprint density at radius 1 is 1.03 bits per heavy atom. The average molecular weight is 430 g/mol. The minimum absolute atomic E-state index is 0.00403. The lowest BCUT2D eigenvalue weighted by molar-refractivity contribution is -0.384. The molecule has 0 aliphatic rings. The van der Waals surface area contributed by atoms with Gasteiger partial charge in [0.25, 0.3) is 5.69 Å². The Morgan fingerprint density at radius 2 is 1.60 bits per heavy atom. The maximum Gasteiger partial charge on any atom is 0.269 e. The highest BCUT2D eigenvalue weighted by atomic mass is 28.4. The highest BCUT2D eigenvalue weighted by molar-refractivity contribution is 6.74. The summed E-state index contributed by atoms with van der Waals surface area (Å²) in [4.78, 5) is 23.3. The monoisotopic (exact) mass is 429 g/mol. The number of carbonyl (C=O) groups excluding carboxylic acids is 1. The van der Waals surface area contributed by atoms with Crippen LogP contribution in [0.15, 0.2) is 54.6 Å². The van der Waals surface area contributed by atoms with Gasteiger partial charge in [-0.3, -0.25) is 14.9 Å². The number of benzene rings is 2. The van der Waals surface area contributed by atoms with Gasteiger partial charge >= 0.3 is 0 Å². The maximum absolute atomic E-state index is 12.8. The van der Waals surface area contributed by atoms with Gasteiger partial charge in [-0.2, -0.15) is 0 Å². The molecule has 0 aromatic heterocycles. The molecule has 0 aliphatic heterocycles. The molecular formula is C23H31NO5Si. The van der Waals surface area contributed by atoms with Crippen LogP contribution >= 0.6 is 0 Å². The van der Waals surface area contributed by atoms with Gasteiger partial charge in [-0.25, -0.2) is 0 Å². The topological polar surface area (TPSA) is 89.7 Å². The van der Waals surface area contributed by atoms with Crippen molar-refractivity contribution in [1.82, 2.24) is 0 Å². The number of hydrogen-bond donors (Lipinski definition) is 1. The minimum Gasteiger partial charge on any atom is -0.409 e. The molecule has 6 nitrogen and oxygen atoms in total. The molecule has 0 saturated heterocycles. The molecule has 0 aliphatic carbocycles. The summed E-state index contributed by atoms with van der Waals surface area (Å²) >= 11 is 0. The first kappa shape index (κ1) is 23.9. The van der Waals surface area contributed by atoms with Gasteiger partial charge in [0.2, 0.25) is 0 Å². The van der Waals surface area contributed by atoms with Crippen LogP contribution in [0.2, 0.25) is 18.1 Å². The van der Waals surface area contributed by atoms with Crippen LogP contribution in [0.4, 0.5) is 5.69 Å².